The first-order valence-electron chi connectivity index (χ1n) is 5.84. The van der Waals surface area contributed by atoms with E-state index in [1.165, 1.54) is 12.1 Å². The maximum Gasteiger partial charge on any atom is 0.200 e. The molecule has 0 aliphatic rings. The van der Waals surface area contributed by atoms with Crippen LogP contribution in [0.15, 0.2) is 12.1 Å². The van der Waals surface area contributed by atoms with Crippen LogP contribution < -0.4 is 0 Å². The van der Waals surface area contributed by atoms with Gasteiger partial charge in [0.05, 0.1) is 0 Å². The Bertz CT molecular complexity index is 375. The second-order valence-electron chi connectivity index (χ2n) is 4.10. The van der Waals surface area contributed by atoms with Crippen molar-refractivity contribution in [3.63, 3.8) is 0 Å². The molecule has 1 aromatic carbocycles. The maximum absolute atomic E-state index is 11.7. The van der Waals surface area contributed by atoms with E-state index in [4.69, 9.17) is 5.11 Å². The summed E-state index contributed by atoms with van der Waals surface area (Å²) in [5, 5.41) is 27.7. The summed E-state index contributed by atoms with van der Waals surface area (Å²) in [5.74, 6) is -1.66. The van der Waals surface area contributed by atoms with Crippen molar-refractivity contribution in [3.8, 4) is 17.2 Å². The molecule has 0 aromatic heterocycles. The molecule has 0 unspecified atom stereocenters. The number of benzene rings is 1. The predicted molar refractivity (Wildman–Crippen MR) is 64.5 cm³/mol. The number of aromatic hydroxyl groups is 3. The molecule has 0 bridgehead atoms. The normalized spacial score (nSPS) is 10.4. The van der Waals surface area contributed by atoms with E-state index >= 15 is 0 Å². The van der Waals surface area contributed by atoms with Crippen molar-refractivity contribution in [2.24, 2.45) is 0 Å². The lowest BCUT2D eigenvalue weighted by atomic mass is 10.0. The third kappa shape index (κ3) is 3.66. The van der Waals surface area contributed by atoms with Crippen LogP contribution in [-0.2, 0) is 0 Å². The molecule has 0 spiro atoms. The molecule has 0 heterocycles. The lowest BCUT2D eigenvalue weighted by Gasteiger charge is -2.05. The van der Waals surface area contributed by atoms with Gasteiger partial charge < -0.3 is 15.3 Å². The number of rotatable bonds is 6. The summed E-state index contributed by atoms with van der Waals surface area (Å²) < 4.78 is 0. The van der Waals surface area contributed by atoms with Crippen molar-refractivity contribution in [2.45, 2.75) is 39.0 Å². The highest BCUT2D eigenvalue weighted by Gasteiger charge is 2.12. The van der Waals surface area contributed by atoms with Crippen LogP contribution in [0.2, 0.25) is 0 Å². The Labute approximate surface area is 101 Å². The quantitative estimate of drug-likeness (QED) is 0.404. The summed E-state index contributed by atoms with van der Waals surface area (Å²) in [6.07, 6.45) is 4.39. The average molecular weight is 238 g/mol. The van der Waals surface area contributed by atoms with Gasteiger partial charge in [0.2, 0.25) is 0 Å². The molecule has 0 amide bonds. The molecule has 0 saturated heterocycles. The topological polar surface area (TPSA) is 77.8 Å². The molecular formula is C13H18O4. The number of Topliss-reactive ketones (excluding diaryl/α,β-unsaturated/α-hetero) is 1. The fraction of sp³-hybridized carbons (Fsp3) is 0.462. The van der Waals surface area contributed by atoms with E-state index in [0.717, 1.165) is 25.7 Å². The van der Waals surface area contributed by atoms with Crippen LogP contribution in [0.1, 0.15) is 49.4 Å². The first-order valence-corrected chi connectivity index (χ1v) is 5.84. The van der Waals surface area contributed by atoms with E-state index in [0.29, 0.717) is 6.42 Å². The van der Waals surface area contributed by atoms with Crippen molar-refractivity contribution in [1.82, 2.24) is 0 Å². The van der Waals surface area contributed by atoms with E-state index in [1.807, 2.05) is 0 Å². The number of carbonyl (C=O) groups is 1. The SMILES string of the molecule is CCCCCCC(=O)c1cc(O)c(O)c(O)c1. The Kier molecular flexibility index (Phi) is 4.82. The Morgan fingerprint density at radius 3 is 2.18 bits per heavy atom. The first kappa shape index (κ1) is 13.4. The Morgan fingerprint density at radius 1 is 1.06 bits per heavy atom. The summed E-state index contributed by atoms with van der Waals surface area (Å²) in [4.78, 5) is 11.7. The zero-order chi connectivity index (χ0) is 12.8. The summed E-state index contributed by atoms with van der Waals surface area (Å²) in [7, 11) is 0. The summed E-state index contributed by atoms with van der Waals surface area (Å²) in [5.41, 5.74) is 0.231. The minimum absolute atomic E-state index is 0.133. The first-order chi connectivity index (χ1) is 8.06. The molecule has 94 valence electrons. The molecule has 0 radical (unpaired) electrons. The number of ketones is 1. The molecule has 0 atom stereocenters. The number of hydrogen-bond acceptors (Lipinski definition) is 4. The van der Waals surface area contributed by atoms with Crippen LogP contribution in [0.25, 0.3) is 0 Å². The van der Waals surface area contributed by atoms with Crippen molar-refractivity contribution >= 4 is 5.78 Å². The Balaban J connectivity index is 2.63. The fourth-order valence-corrected chi connectivity index (χ4v) is 1.62. The lowest BCUT2D eigenvalue weighted by molar-refractivity contribution is 0.0978. The van der Waals surface area contributed by atoms with Crippen LogP contribution in [0.4, 0.5) is 0 Å². The highest BCUT2D eigenvalue weighted by molar-refractivity contribution is 5.97. The molecular weight excluding hydrogens is 220 g/mol. The molecule has 1 rings (SSSR count). The van der Waals surface area contributed by atoms with Gasteiger partial charge in [0, 0.05) is 12.0 Å². The van der Waals surface area contributed by atoms with Gasteiger partial charge in [-0.1, -0.05) is 26.2 Å². The number of unbranched alkanes of at least 4 members (excludes halogenated alkanes) is 3. The Morgan fingerprint density at radius 2 is 1.65 bits per heavy atom. The number of phenols is 3. The fourth-order valence-electron chi connectivity index (χ4n) is 1.62. The molecule has 0 aliphatic carbocycles. The van der Waals surface area contributed by atoms with Crippen molar-refractivity contribution in [3.05, 3.63) is 17.7 Å². The van der Waals surface area contributed by atoms with Gasteiger partial charge in [-0.25, -0.2) is 0 Å². The van der Waals surface area contributed by atoms with Gasteiger partial charge in [0.15, 0.2) is 23.0 Å². The largest absolute Gasteiger partial charge is 0.504 e. The van der Waals surface area contributed by atoms with Gasteiger partial charge in [-0.15, -0.1) is 0 Å². The monoisotopic (exact) mass is 238 g/mol. The minimum atomic E-state index is -0.590. The standard InChI is InChI=1S/C13H18O4/c1-2-3-4-5-6-10(14)9-7-11(15)13(17)12(16)8-9/h7-8,15-17H,2-6H2,1H3. The number of hydrogen-bond donors (Lipinski definition) is 3. The van der Waals surface area contributed by atoms with Gasteiger partial charge in [0.1, 0.15) is 0 Å². The number of phenolic OH excluding ortho intramolecular Hbond substituents is 3. The van der Waals surface area contributed by atoms with E-state index in [2.05, 4.69) is 6.92 Å². The van der Waals surface area contributed by atoms with Crippen LogP contribution in [0.5, 0.6) is 17.2 Å². The van der Waals surface area contributed by atoms with Crippen LogP contribution in [-0.4, -0.2) is 21.1 Å². The molecule has 0 saturated carbocycles. The third-order valence-corrected chi connectivity index (χ3v) is 2.65. The van der Waals surface area contributed by atoms with E-state index in [1.54, 1.807) is 0 Å². The third-order valence-electron chi connectivity index (χ3n) is 2.65. The van der Waals surface area contributed by atoms with E-state index in [-0.39, 0.29) is 11.3 Å². The molecule has 0 fully saturated rings. The summed E-state index contributed by atoms with van der Waals surface area (Å²) in [6, 6.07) is 2.36. The second-order valence-corrected chi connectivity index (χ2v) is 4.10. The molecule has 0 aliphatic heterocycles. The zero-order valence-corrected chi connectivity index (χ0v) is 9.94. The van der Waals surface area contributed by atoms with Crippen LogP contribution >= 0.6 is 0 Å². The summed E-state index contributed by atoms with van der Waals surface area (Å²) in [6.45, 7) is 2.10. The highest BCUT2D eigenvalue weighted by atomic mass is 16.3. The predicted octanol–water partition coefficient (Wildman–Crippen LogP) is 2.96. The lowest BCUT2D eigenvalue weighted by Crippen LogP contribution is -1.98. The van der Waals surface area contributed by atoms with E-state index in [9.17, 15) is 15.0 Å². The minimum Gasteiger partial charge on any atom is -0.504 e. The van der Waals surface area contributed by atoms with E-state index < -0.39 is 17.2 Å². The van der Waals surface area contributed by atoms with Crippen molar-refractivity contribution in [1.29, 1.82) is 0 Å². The molecule has 4 nitrogen and oxygen atoms in total. The van der Waals surface area contributed by atoms with Gasteiger partial charge in [0.25, 0.3) is 0 Å². The molecule has 3 N–H and O–H groups in total. The average Bonchev–Trinajstić information content (AvgIpc) is 2.30. The van der Waals surface area contributed by atoms with Crippen LogP contribution in [0.3, 0.4) is 0 Å². The number of carbonyl (C=O) groups excluding carboxylic acids is 1. The zero-order valence-electron chi connectivity index (χ0n) is 9.94. The summed E-state index contributed by atoms with van der Waals surface area (Å²) >= 11 is 0. The Hall–Kier alpha value is -1.71. The smallest absolute Gasteiger partial charge is 0.200 e. The van der Waals surface area contributed by atoms with Gasteiger partial charge in [-0.3, -0.25) is 4.79 Å². The van der Waals surface area contributed by atoms with Crippen molar-refractivity contribution in [2.75, 3.05) is 0 Å². The second kappa shape index (κ2) is 6.13. The van der Waals surface area contributed by atoms with Gasteiger partial charge >= 0.3 is 0 Å². The van der Waals surface area contributed by atoms with Crippen LogP contribution in [0, 0.1) is 0 Å². The molecule has 4 heteroatoms. The van der Waals surface area contributed by atoms with Gasteiger partial charge in [-0.2, -0.15) is 0 Å². The molecule has 17 heavy (non-hydrogen) atoms. The van der Waals surface area contributed by atoms with Gasteiger partial charge in [-0.05, 0) is 18.6 Å². The molecule has 1 aromatic rings. The highest BCUT2D eigenvalue weighted by Crippen LogP contribution is 2.35. The maximum atomic E-state index is 11.7. The van der Waals surface area contributed by atoms with Crippen molar-refractivity contribution < 1.29 is 20.1 Å².